The van der Waals surface area contributed by atoms with Gasteiger partial charge in [0.25, 0.3) is 11.5 Å². The number of nitrogens with zero attached hydrogens (tertiary/aromatic N) is 4. The van der Waals surface area contributed by atoms with E-state index in [-0.39, 0.29) is 18.1 Å². The van der Waals surface area contributed by atoms with E-state index in [4.69, 9.17) is 0 Å². The van der Waals surface area contributed by atoms with Crippen LogP contribution < -0.4 is 10.9 Å². The SMILES string of the molecule is CC1(C)c2nc(C(=O)NCc3ccc(F)cc3)c(O)c(=O)n2CCN1Cc1cn[nH]c1. The fraction of sp³-hybridized carbons (Fsp3) is 0.333. The van der Waals surface area contributed by atoms with Gasteiger partial charge in [0, 0.05) is 37.9 Å². The highest BCUT2D eigenvalue weighted by Gasteiger charge is 2.38. The topological polar surface area (TPSA) is 116 Å². The first kappa shape index (κ1) is 20.7. The Balaban J connectivity index is 1.62. The zero-order valence-corrected chi connectivity index (χ0v) is 17.2. The van der Waals surface area contributed by atoms with Crippen molar-refractivity contribution in [3.8, 4) is 5.75 Å². The average Bonchev–Trinajstić information content (AvgIpc) is 3.25. The summed E-state index contributed by atoms with van der Waals surface area (Å²) in [6.07, 6.45) is 3.53. The fourth-order valence-electron chi connectivity index (χ4n) is 3.75. The van der Waals surface area contributed by atoms with Crippen LogP contribution in [0.3, 0.4) is 0 Å². The molecule has 1 aliphatic rings. The van der Waals surface area contributed by atoms with E-state index in [1.807, 2.05) is 13.8 Å². The highest BCUT2D eigenvalue weighted by atomic mass is 19.1. The van der Waals surface area contributed by atoms with Gasteiger partial charge in [-0.2, -0.15) is 5.10 Å². The number of aromatic hydroxyl groups is 1. The maximum atomic E-state index is 13.1. The van der Waals surface area contributed by atoms with E-state index in [1.165, 1.54) is 16.7 Å². The van der Waals surface area contributed by atoms with Gasteiger partial charge in [0.2, 0.25) is 5.75 Å². The summed E-state index contributed by atoms with van der Waals surface area (Å²) in [4.78, 5) is 32.0. The molecule has 3 aromatic rings. The van der Waals surface area contributed by atoms with Crippen LogP contribution in [-0.2, 0) is 25.2 Å². The number of aromatic amines is 1. The fourth-order valence-corrected chi connectivity index (χ4v) is 3.75. The Labute approximate surface area is 177 Å². The van der Waals surface area contributed by atoms with Gasteiger partial charge in [0.05, 0.1) is 11.7 Å². The van der Waals surface area contributed by atoms with Gasteiger partial charge < -0.3 is 10.4 Å². The zero-order chi connectivity index (χ0) is 22.2. The molecule has 0 spiro atoms. The molecule has 162 valence electrons. The number of hydrogen-bond acceptors (Lipinski definition) is 6. The molecule has 10 heteroatoms. The normalized spacial score (nSPS) is 15.5. The summed E-state index contributed by atoms with van der Waals surface area (Å²) in [5.41, 5.74) is 0.0222. The van der Waals surface area contributed by atoms with Crippen molar-refractivity contribution in [2.45, 2.75) is 39.0 Å². The quantitative estimate of drug-likeness (QED) is 0.569. The lowest BCUT2D eigenvalue weighted by Crippen LogP contribution is -2.52. The molecule has 0 fully saturated rings. The Bertz CT molecular complexity index is 1160. The first-order chi connectivity index (χ1) is 14.8. The summed E-state index contributed by atoms with van der Waals surface area (Å²) in [5, 5.41) is 19.7. The summed E-state index contributed by atoms with van der Waals surface area (Å²) in [7, 11) is 0. The Morgan fingerprint density at radius 3 is 2.68 bits per heavy atom. The molecule has 2 aromatic heterocycles. The molecule has 3 N–H and O–H groups in total. The largest absolute Gasteiger partial charge is 0.501 e. The third-order valence-electron chi connectivity index (χ3n) is 5.59. The number of hydrogen-bond donors (Lipinski definition) is 3. The van der Waals surface area contributed by atoms with Gasteiger partial charge >= 0.3 is 0 Å². The Morgan fingerprint density at radius 2 is 2.00 bits per heavy atom. The molecule has 0 saturated heterocycles. The smallest absolute Gasteiger partial charge is 0.296 e. The van der Waals surface area contributed by atoms with E-state index in [9.17, 15) is 19.1 Å². The van der Waals surface area contributed by atoms with Crippen LogP contribution >= 0.6 is 0 Å². The third kappa shape index (κ3) is 3.93. The molecule has 31 heavy (non-hydrogen) atoms. The lowest BCUT2D eigenvalue weighted by molar-refractivity contribution is 0.0650. The summed E-state index contributed by atoms with van der Waals surface area (Å²) in [6.45, 7) is 5.44. The second-order valence-corrected chi connectivity index (χ2v) is 7.99. The van der Waals surface area contributed by atoms with Gasteiger partial charge in [-0.25, -0.2) is 9.37 Å². The van der Waals surface area contributed by atoms with Crippen molar-refractivity contribution in [3.63, 3.8) is 0 Å². The maximum Gasteiger partial charge on any atom is 0.296 e. The lowest BCUT2D eigenvalue weighted by atomic mass is 9.97. The number of nitrogens with one attached hydrogen (secondary N) is 2. The molecule has 9 nitrogen and oxygen atoms in total. The predicted molar refractivity (Wildman–Crippen MR) is 110 cm³/mol. The average molecular weight is 426 g/mol. The third-order valence-corrected chi connectivity index (χ3v) is 5.59. The number of carbonyl (C=O) groups excluding carboxylic acids is 1. The minimum atomic E-state index is -0.681. The van der Waals surface area contributed by atoms with Crippen molar-refractivity contribution in [1.82, 2.24) is 30.0 Å². The summed E-state index contributed by atoms with van der Waals surface area (Å²) in [6, 6.07) is 5.67. The van der Waals surface area contributed by atoms with Crippen LogP contribution in [-0.4, -0.2) is 42.2 Å². The first-order valence-electron chi connectivity index (χ1n) is 9.87. The van der Waals surface area contributed by atoms with E-state index >= 15 is 0 Å². The van der Waals surface area contributed by atoms with E-state index in [0.29, 0.717) is 31.0 Å². The maximum absolute atomic E-state index is 13.1. The molecule has 0 bridgehead atoms. The Morgan fingerprint density at radius 1 is 1.26 bits per heavy atom. The van der Waals surface area contributed by atoms with Crippen LogP contribution in [0.4, 0.5) is 4.39 Å². The lowest BCUT2D eigenvalue weighted by Gasteiger charge is -2.43. The molecule has 1 amide bonds. The molecule has 0 aliphatic carbocycles. The van der Waals surface area contributed by atoms with Gasteiger partial charge in [-0.3, -0.25) is 24.2 Å². The molecule has 0 unspecified atom stereocenters. The standard InChI is InChI=1S/C21H23FN6O3/c1-21(2)20-26-16(18(30)23-9-13-3-5-15(22)6-4-13)17(29)19(31)28(20)8-7-27(21)12-14-10-24-25-11-14/h3-6,10-11,29H,7-9,12H2,1-2H3,(H,23,30)(H,24,25). The molecule has 0 atom stereocenters. The van der Waals surface area contributed by atoms with Gasteiger partial charge in [0.15, 0.2) is 5.69 Å². The van der Waals surface area contributed by atoms with E-state index in [2.05, 4.69) is 25.4 Å². The molecule has 1 aromatic carbocycles. The number of H-pyrrole nitrogens is 1. The summed E-state index contributed by atoms with van der Waals surface area (Å²) < 4.78 is 14.5. The Kier molecular flexibility index (Phi) is 5.32. The van der Waals surface area contributed by atoms with Crippen LogP contribution in [0.2, 0.25) is 0 Å². The predicted octanol–water partition coefficient (Wildman–Crippen LogP) is 1.49. The van der Waals surface area contributed by atoms with Crippen LogP contribution in [0.25, 0.3) is 0 Å². The highest BCUT2D eigenvalue weighted by Crippen LogP contribution is 2.31. The van der Waals surface area contributed by atoms with Crippen molar-refractivity contribution < 1.29 is 14.3 Å². The molecule has 0 radical (unpaired) electrons. The van der Waals surface area contributed by atoms with Gasteiger partial charge in [-0.1, -0.05) is 12.1 Å². The molecular formula is C21H23FN6O3. The number of rotatable bonds is 5. The van der Waals surface area contributed by atoms with Crippen molar-refractivity contribution >= 4 is 5.91 Å². The van der Waals surface area contributed by atoms with Crippen molar-refractivity contribution in [3.05, 3.63) is 75.5 Å². The number of halogens is 1. The van der Waals surface area contributed by atoms with Crippen LogP contribution in [0.15, 0.2) is 41.5 Å². The van der Waals surface area contributed by atoms with Crippen molar-refractivity contribution in [1.29, 1.82) is 0 Å². The summed E-state index contributed by atoms with van der Waals surface area (Å²) in [5.74, 6) is -1.33. The first-order valence-corrected chi connectivity index (χ1v) is 9.87. The van der Waals surface area contributed by atoms with E-state index in [0.717, 1.165) is 5.56 Å². The van der Waals surface area contributed by atoms with Crippen molar-refractivity contribution in [2.24, 2.45) is 0 Å². The minimum Gasteiger partial charge on any atom is -0.501 e. The highest BCUT2D eigenvalue weighted by molar-refractivity contribution is 5.94. The number of fused-ring (bicyclic) bond motifs is 1. The zero-order valence-electron chi connectivity index (χ0n) is 17.2. The van der Waals surface area contributed by atoms with Gasteiger partial charge in [-0.05, 0) is 31.5 Å². The number of amides is 1. The molecule has 4 rings (SSSR count). The molecule has 1 aliphatic heterocycles. The van der Waals surface area contributed by atoms with Crippen molar-refractivity contribution in [2.75, 3.05) is 6.54 Å². The number of benzene rings is 1. The Hall–Kier alpha value is -3.53. The molecular weight excluding hydrogens is 403 g/mol. The van der Waals surface area contributed by atoms with Crippen LogP contribution in [0.5, 0.6) is 5.75 Å². The van der Waals surface area contributed by atoms with Crippen LogP contribution in [0, 0.1) is 5.82 Å². The monoisotopic (exact) mass is 426 g/mol. The number of carbonyl (C=O) groups is 1. The second kappa shape index (κ2) is 7.95. The van der Waals surface area contributed by atoms with E-state index < -0.39 is 22.8 Å². The molecule has 0 saturated carbocycles. The molecule has 3 heterocycles. The number of aromatic nitrogens is 4. The van der Waals surface area contributed by atoms with Crippen LogP contribution in [0.1, 0.15) is 41.3 Å². The minimum absolute atomic E-state index is 0.106. The van der Waals surface area contributed by atoms with Gasteiger partial charge in [-0.15, -0.1) is 0 Å². The van der Waals surface area contributed by atoms with Gasteiger partial charge in [0.1, 0.15) is 11.6 Å². The summed E-state index contributed by atoms with van der Waals surface area (Å²) >= 11 is 0. The van der Waals surface area contributed by atoms with E-state index in [1.54, 1.807) is 24.5 Å². The second-order valence-electron chi connectivity index (χ2n) is 7.99.